The molecule has 2 aromatic heterocycles. The lowest BCUT2D eigenvalue weighted by molar-refractivity contribution is -0.136. The van der Waals surface area contributed by atoms with E-state index in [1.54, 1.807) is 18.3 Å². The molecule has 1 aliphatic heterocycles. The number of imidazole rings is 1. The second kappa shape index (κ2) is 13.7. The molecule has 1 aliphatic rings. The quantitative estimate of drug-likeness (QED) is 0.150. The smallest absolute Gasteiger partial charge is 0.303 e. The first-order chi connectivity index (χ1) is 23.4. The van der Waals surface area contributed by atoms with Gasteiger partial charge < -0.3 is 30.6 Å². The molecule has 0 fully saturated rings. The number of rotatable bonds is 4. The number of hydrazine groups is 1. The van der Waals surface area contributed by atoms with Crippen LogP contribution in [0, 0.1) is 17.5 Å². The molecule has 0 saturated heterocycles. The van der Waals surface area contributed by atoms with Crippen LogP contribution in [0.2, 0.25) is 0 Å². The molecule has 3 aromatic carbocycles. The van der Waals surface area contributed by atoms with Crippen molar-refractivity contribution < 1.29 is 36.2 Å². The largest absolute Gasteiger partial charge is 0.481 e. The van der Waals surface area contributed by atoms with Crippen molar-refractivity contribution >= 4 is 26.7 Å². The minimum atomic E-state index is -3.75. The van der Waals surface area contributed by atoms with Gasteiger partial charge in [-0.3, -0.25) is 4.79 Å². The lowest BCUT2D eigenvalue weighted by Gasteiger charge is -2.20. The van der Waals surface area contributed by atoms with E-state index in [2.05, 4.69) is 15.0 Å². The first-order valence-corrected chi connectivity index (χ1v) is 17.2. The number of aryl methyl sites for hydroxylation is 1. The summed E-state index contributed by atoms with van der Waals surface area (Å²) < 4.78 is 79.3. The van der Waals surface area contributed by atoms with Crippen molar-refractivity contribution in [2.45, 2.75) is 38.1 Å². The number of nitrogens with zero attached hydrogens (tertiary/aromatic N) is 2. The highest BCUT2D eigenvalue weighted by Gasteiger charge is 2.26. The highest BCUT2D eigenvalue weighted by Crippen LogP contribution is 2.38. The van der Waals surface area contributed by atoms with Crippen LogP contribution in [0.25, 0.3) is 22.3 Å². The Bertz CT molecular complexity index is 2180. The van der Waals surface area contributed by atoms with Gasteiger partial charge in [0.2, 0.25) is 0 Å². The average Bonchev–Trinajstić information content (AvgIpc) is 3.72. The van der Waals surface area contributed by atoms with Crippen LogP contribution in [0.4, 0.5) is 13.2 Å². The van der Waals surface area contributed by atoms with Crippen LogP contribution in [0.5, 0.6) is 11.5 Å². The van der Waals surface area contributed by atoms with Crippen molar-refractivity contribution in [2.75, 3.05) is 11.5 Å². The fourth-order valence-electron chi connectivity index (χ4n) is 5.97. The molecule has 11 nitrogen and oxygen atoms in total. The standard InChI is InChI=1S/C34H33F3N6O5S/c35-27-6-5-21-14-25(27)34-41-16-30(42-34)23(24-3-1-2-19(32(24)37)4-7-31(44)45)10-13-49(46,47)12-9-20(38)17-43(39)18-26-22-8-11-40-29(22)15-28(36)33(26)48-21/h1-3,5-6,8,11,14-17,23,40H,4,7,9-10,12-13,18,38-39H2,(H,41,42)(H,44,45)/b20-17-. The number of carboxylic acid groups (broad SMARTS) is 1. The maximum absolute atomic E-state index is 15.9. The SMILES string of the molecule is N/C1=C\N(N)Cc2c(c(F)cc3[nH]ccc23)Oc2ccc(F)c(c2)-c2ncc([nH]2)C(c2cccc(CCC(=O)O)c2F)CCS(=O)(=O)CC1. The van der Waals surface area contributed by atoms with Crippen LogP contribution in [-0.2, 0) is 27.6 Å². The number of aliphatic carboxylic acids is 1. The first-order valence-electron chi connectivity index (χ1n) is 15.4. The summed E-state index contributed by atoms with van der Waals surface area (Å²) in [5.74, 6) is 1.47. The van der Waals surface area contributed by atoms with Crippen molar-refractivity contribution in [1.29, 1.82) is 0 Å². The summed E-state index contributed by atoms with van der Waals surface area (Å²) in [4.78, 5) is 21.5. The van der Waals surface area contributed by atoms with Crippen molar-refractivity contribution in [2.24, 2.45) is 11.6 Å². The second-order valence-corrected chi connectivity index (χ2v) is 14.2. The number of benzene rings is 3. The molecule has 0 spiro atoms. The van der Waals surface area contributed by atoms with Crippen molar-refractivity contribution in [3.8, 4) is 22.9 Å². The zero-order valence-electron chi connectivity index (χ0n) is 26.0. The number of halogens is 3. The molecule has 49 heavy (non-hydrogen) atoms. The summed E-state index contributed by atoms with van der Waals surface area (Å²) in [6.07, 6.45) is 3.84. The normalized spacial score (nSPS) is 18.0. The monoisotopic (exact) mass is 694 g/mol. The number of aromatic nitrogens is 3. The number of allylic oxidation sites excluding steroid dienone is 1. The van der Waals surface area contributed by atoms with E-state index in [0.29, 0.717) is 22.2 Å². The Hall–Kier alpha value is -5.28. The van der Waals surface area contributed by atoms with Gasteiger partial charge >= 0.3 is 5.97 Å². The molecular weight excluding hydrogens is 661 g/mol. The molecule has 7 N–H and O–H groups in total. The third-order valence-corrected chi connectivity index (χ3v) is 10.1. The van der Waals surface area contributed by atoms with Gasteiger partial charge in [0.1, 0.15) is 23.2 Å². The molecule has 0 saturated carbocycles. The van der Waals surface area contributed by atoms with Crippen LogP contribution in [-0.4, -0.2) is 51.0 Å². The maximum atomic E-state index is 15.9. The Morgan fingerprint density at radius 3 is 2.71 bits per heavy atom. The molecule has 15 heteroatoms. The number of carboxylic acids is 1. The number of fused-ring (bicyclic) bond motifs is 8. The summed E-state index contributed by atoms with van der Waals surface area (Å²) in [6.45, 7) is -0.0801. The molecule has 0 aliphatic carbocycles. The highest BCUT2D eigenvalue weighted by molar-refractivity contribution is 7.91. The van der Waals surface area contributed by atoms with Crippen LogP contribution < -0.4 is 16.3 Å². The van der Waals surface area contributed by atoms with E-state index >= 15 is 13.2 Å². The number of aromatic amines is 2. The molecule has 256 valence electrons. The minimum Gasteiger partial charge on any atom is -0.481 e. The number of nitrogens with one attached hydrogen (secondary N) is 2. The molecular formula is C34H33F3N6O5S. The van der Waals surface area contributed by atoms with Gasteiger partial charge in [0, 0.05) is 71.3 Å². The molecule has 0 radical (unpaired) electrons. The zero-order chi connectivity index (χ0) is 34.9. The van der Waals surface area contributed by atoms with Gasteiger partial charge in [0.15, 0.2) is 21.4 Å². The second-order valence-electron chi connectivity index (χ2n) is 11.9. The Balaban J connectivity index is 1.47. The van der Waals surface area contributed by atoms with Gasteiger partial charge in [-0.25, -0.2) is 32.4 Å². The van der Waals surface area contributed by atoms with E-state index in [9.17, 15) is 13.2 Å². The molecule has 5 aromatic rings. The minimum absolute atomic E-state index is 0.0374. The van der Waals surface area contributed by atoms with Crippen LogP contribution >= 0.6 is 0 Å². The number of carbonyl (C=O) groups is 1. The lowest BCUT2D eigenvalue weighted by atomic mass is 9.91. The number of hydrogen-bond acceptors (Lipinski definition) is 8. The summed E-state index contributed by atoms with van der Waals surface area (Å²) in [5.41, 5.74) is 7.71. The summed E-state index contributed by atoms with van der Waals surface area (Å²) in [5, 5.41) is 10.9. The van der Waals surface area contributed by atoms with Crippen molar-refractivity contribution in [1.82, 2.24) is 20.0 Å². The first kappa shape index (κ1) is 33.6. The van der Waals surface area contributed by atoms with E-state index in [4.69, 9.17) is 21.4 Å². The van der Waals surface area contributed by atoms with Gasteiger partial charge in [-0.1, -0.05) is 18.2 Å². The Labute approximate surface area is 279 Å². The van der Waals surface area contributed by atoms with Crippen LogP contribution in [0.1, 0.15) is 47.6 Å². The Morgan fingerprint density at radius 2 is 1.92 bits per heavy atom. The Kier molecular flexibility index (Phi) is 9.39. The van der Waals surface area contributed by atoms with Crippen molar-refractivity contribution in [3.05, 3.63) is 113 Å². The molecule has 6 rings (SSSR count). The molecule has 1 unspecified atom stereocenters. The summed E-state index contributed by atoms with van der Waals surface area (Å²) >= 11 is 0. The van der Waals surface area contributed by atoms with Gasteiger partial charge in [-0.05, 0) is 48.2 Å². The topological polar surface area (TPSA) is 180 Å². The third kappa shape index (κ3) is 7.42. The van der Waals surface area contributed by atoms with E-state index < -0.39 is 39.2 Å². The average molecular weight is 695 g/mol. The van der Waals surface area contributed by atoms with E-state index in [-0.39, 0.29) is 83.4 Å². The number of hydrogen-bond donors (Lipinski definition) is 5. The fraction of sp³-hybridized carbons (Fsp3) is 0.235. The fourth-order valence-corrected chi connectivity index (χ4v) is 7.31. The predicted octanol–water partition coefficient (Wildman–Crippen LogP) is 5.60. The summed E-state index contributed by atoms with van der Waals surface area (Å²) in [7, 11) is -3.75. The van der Waals surface area contributed by atoms with E-state index in [1.165, 1.54) is 47.7 Å². The Morgan fingerprint density at radius 1 is 1.10 bits per heavy atom. The third-order valence-electron chi connectivity index (χ3n) is 8.43. The number of sulfone groups is 1. The van der Waals surface area contributed by atoms with Crippen molar-refractivity contribution in [3.63, 3.8) is 0 Å². The zero-order valence-corrected chi connectivity index (χ0v) is 26.9. The van der Waals surface area contributed by atoms with Crippen LogP contribution in [0.3, 0.4) is 0 Å². The lowest BCUT2D eigenvalue weighted by Crippen LogP contribution is -2.27. The maximum Gasteiger partial charge on any atom is 0.303 e. The van der Waals surface area contributed by atoms with Crippen LogP contribution in [0.15, 0.2) is 72.8 Å². The highest BCUT2D eigenvalue weighted by atomic mass is 32.2. The van der Waals surface area contributed by atoms with Gasteiger partial charge in [0.05, 0.1) is 23.6 Å². The van der Waals surface area contributed by atoms with E-state index in [0.717, 1.165) is 6.07 Å². The van der Waals surface area contributed by atoms with Gasteiger partial charge in [0.25, 0.3) is 0 Å². The van der Waals surface area contributed by atoms with Gasteiger partial charge in [-0.2, -0.15) is 0 Å². The van der Waals surface area contributed by atoms with Gasteiger partial charge in [-0.15, -0.1) is 0 Å². The number of H-pyrrole nitrogens is 2. The molecule has 3 heterocycles. The van der Waals surface area contributed by atoms with E-state index in [1.807, 2.05) is 0 Å². The number of nitrogens with two attached hydrogens (primary N) is 2. The molecule has 0 amide bonds. The summed E-state index contributed by atoms with van der Waals surface area (Å²) in [6, 6.07) is 11.3. The number of ether oxygens (including phenoxy) is 1. The predicted molar refractivity (Wildman–Crippen MR) is 176 cm³/mol. The molecule has 4 bridgehead atoms. The molecule has 1 atom stereocenters.